The molecule has 4 rings (SSSR count). The van der Waals surface area contributed by atoms with E-state index in [1.165, 1.54) is 32.4 Å². The van der Waals surface area contributed by atoms with Gasteiger partial charge in [-0.25, -0.2) is 9.18 Å². The van der Waals surface area contributed by atoms with Crippen molar-refractivity contribution in [1.29, 1.82) is 0 Å². The lowest BCUT2D eigenvalue weighted by atomic mass is 9.92. The molecule has 2 aromatic carbocycles. The number of rotatable bonds is 6. The van der Waals surface area contributed by atoms with Crippen LogP contribution >= 0.6 is 0 Å². The molecule has 37 heavy (non-hydrogen) atoms. The first kappa shape index (κ1) is 25.4. The number of pyridine rings is 1. The number of nitrogens with one attached hydrogen (secondary N) is 4. The predicted octanol–water partition coefficient (Wildman–Crippen LogP) is 5.80. The number of carbonyl (C=O) groups excluding carboxylic acids is 2. The third-order valence-electron chi connectivity index (χ3n) is 5.34. The number of nitrogens with zero attached hydrogens (tertiary/aromatic N) is 2. The SMILES string of the molecule is COc1cc2nccc(Oc3ccc(NC(=O)Nc4cc(C(C)(C)C)n[nH]4)cc3F)c2cc1NC(C)=O. The summed E-state index contributed by atoms with van der Waals surface area (Å²) in [5, 5.41) is 15.4. The molecule has 192 valence electrons. The van der Waals surface area contributed by atoms with Crippen LogP contribution in [-0.4, -0.2) is 34.2 Å². The number of hydrogen-bond donors (Lipinski definition) is 4. The first-order valence-electron chi connectivity index (χ1n) is 11.4. The highest BCUT2D eigenvalue weighted by molar-refractivity contribution is 5.99. The number of halogens is 1. The molecule has 3 amide bonds. The number of amides is 3. The topological polar surface area (TPSA) is 130 Å². The number of H-pyrrole nitrogens is 1. The van der Waals surface area contributed by atoms with Gasteiger partial charge in [-0.1, -0.05) is 20.8 Å². The minimum Gasteiger partial charge on any atom is -0.494 e. The Labute approximate surface area is 212 Å². The first-order valence-corrected chi connectivity index (χ1v) is 11.4. The Morgan fingerprint density at radius 2 is 1.76 bits per heavy atom. The molecule has 0 saturated heterocycles. The third kappa shape index (κ3) is 5.95. The number of aromatic nitrogens is 3. The Hall–Kier alpha value is -4.67. The van der Waals surface area contributed by atoms with Crippen molar-refractivity contribution >= 4 is 40.0 Å². The predicted molar refractivity (Wildman–Crippen MR) is 139 cm³/mol. The Bertz CT molecular complexity index is 1480. The summed E-state index contributed by atoms with van der Waals surface area (Å²) >= 11 is 0. The number of aromatic amines is 1. The molecule has 2 aromatic heterocycles. The molecule has 0 aliphatic carbocycles. The van der Waals surface area contributed by atoms with Crippen molar-refractivity contribution < 1.29 is 23.5 Å². The maximum atomic E-state index is 14.9. The summed E-state index contributed by atoms with van der Waals surface area (Å²) in [6.07, 6.45) is 1.52. The van der Waals surface area contributed by atoms with Gasteiger partial charge in [0.2, 0.25) is 5.91 Å². The van der Waals surface area contributed by atoms with Crippen LogP contribution in [-0.2, 0) is 10.2 Å². The zero-order valence-electron chi connectivity index (χ0n) is 21.0. The van der Waals surface area contributed by atoms with Gasteiger partial charge in [-0.05, 0) is 24.3 Å². The van der Waals surface area contributed by atoms with Gasteiger partial charge in [0.15, 0.2) is 11.6 Å². The normalized spacial score (nSPS) is 11.2. The third-order valence-corrected chi connectivity index (χ3v) is 5.34. The molecule has 10 nitrogen and oxygen atoms in total. The molecular formula is C26H27FN6O4. The molecule has 11 heteroatoms. The number of carbonyl (C=O) groups is 2. The van der Waals surface area contributed by atoms with E-state index in [2.05, 4.69) is 31.1 Å². The van der Waals surface area contributed by atoms with Crippen LogP contribution < -0.4 is 25.4 Å². The lowest BCUT2D eigenvalue weighted by molar-refractivity contribution is -0.114. The van der Waals surface area contributed by atoms with E-state index in [-0.39, 0.29) is 22.8 Å². The van der Waals surface area contributed by atoms with Crippen molar-refractivity contribution in [3.8, 4) is 17.2 Å². The lowest BCUT2D eigenvalue weighted by Gasteiger charge is -2.14. The summed E-state index contributed by atoms with van der Waals surface area (Å²) in [7, 11) is 1.48. The highest BCUT2D eigenvalue weighted by Gasteiger charge is 2.18. The van der Waals surface area contributed by atoms with Gasteiger partial charge in [0, 0.05) is 47.8 Å². The van der Waals surface area contributed by atoms with Crippen molar-refractivity contribution in [3.63, 3.8) is 0 Å². The second kappa shape index (κ2) is 10.1. The number of ether oxygens (including phenoxy) is 2. The molecule has 0 aliphatic rings. The van der Waals surface area contributed by atoms with Crippen LogP contribution in [0.1, 0.15) is 33.4 Å². The summed E-state index contributed by atoms with van der Waals surface area (Å²) in [4.78, 5) is 28.3. The molecule has 0 spiro atoms. The molecule has 2 heterocycles. The van der Waals surface area contributed by atoms with Gasteiger partial charge < -0.3 is 20.1 Å². The summed E-state index contributed by atoms with van der Waals surface area (Å²) in [5.41, 5.74) is 1.81. The van der Waals surface area contributed by atoms with Crippen molar-refractivity contribution in [2.45, 2.75) is 33.1 Å². The minimum absolute atomic E-state index is 0.0567. The number of fused-ring (bicyclic) bond motifs is 1. The van der Waals surface area contributed by atoms with Crippen molar-refractivity contribution in [2.75, 3.05) is 23.1 Å². The highest BCUT2D eigenvalue weighted by atomic mass is 19.1. The Kier molecular flexibility index (Phi) is 6.96. The van der Waals surface area contributed by atoms with E-state index in [1.807, 2.05) is 20.8 Å². The van der Waals surface area contributed by atoms with E-state index in [9.17, 15) is 14.0 Å². The standard InChI is InChI=1S/C26H27FN6O4/c1-14(34)29-19-11-16-18(12-22(19)36-5)28-9-8-20(16)37-21-7-6-15(10-17(21)27)30-25(35)31-24-13-23(32-33-24)26(2,3)4/h6-13H,1-5H3,(H,29,34)(H3,30,31,32,33,35). The van der Waals surface area contributed by atoms with Gasteiger partial charge in [-0.3, -0.25) is 20.2 Å². The van der Waals surface area contributed by atoms with Crippen LogP contribution in [0.5, 0.6) is 17.2 Å². The molecular weight excluding hydrogens is 479 g/mol. The number of hydrogen-bond acceptors (Lipinski definition) is 6. The Morgan fingerprint density at radius 3 is 2.41 bits per heavy atom. The van der Waals surface area contributed by atoms with Gasteiger partial charge in [-0.15, -0.1) is 0 Å². The summed E-state index contributed by atoms with van der Waals surface area (Å²) in [6, 6.07) is 10.1. The van der Waals surface area contributed by atoms with E-state index >= 15 is 0 Å². The zero-order valence-corrected chi connectivity index (χ0v) is 21.0. The van der Waals surface area contributed by atoms with Gasteiger partial charge >= 0.3 is 6.03 Å². The molecule has 0 aliphatic heterocycles. The van der Waals surface area contributed by atoms with E-state index in [1.54, 1.807) is 24.3 Å². The van der Waals surface area contributed by atoms with Crippen LogP contribution in [0.2, 0.25) is 0 Å². The van der Waals surface area contributed by atoms with E-state index in [4.69, 9.17) is 9.47 Å². The monoisotopic (exact) mass is 506 g/mol. The Morgan fingerprint density at radius 1 is 0.973 bits per heavy atom. The van der Waals surface area contributed by atoms with Crippen molar-refractivity contribution in [2.24, 2.45) is 0 Å². The molecule has 0 unspecified atom stereocenters. The van der Waals surface area contributed by atoms with E-state index in [0.29, 0.717) is 33.9 Å². The molecule has 4 N–H and O–H groups in total. The second-order valence-electron chi connectivity index (χ2n) is 9.30. The number of anilines is 3. The first-order chi connectivity index (χ1) is 17.5. The average Bonchev–Trinajstić information content (AvgIpc) is 3.29. The molecule has 0 saturated carbocycles. The number of methoxy groups -OCH3 is 1. The molecule has 0 radical (unpaired) electrons. The van der Waals surface area contributed by atoms with Gasteiger partial charge in [0.05, 0.1) is 24.0 Å². The fourth-order valence-corrected chi connectivity index (χ4v) is 3.53. The van der Waals surface area contributed by atoms with Gasteiger partial charge in [0.1, 0.15) is 17.3 Å². The molecule has 0 bridgehead atoms. The molecule has 4 aromatic rings. The van der Waals surface area contributed by atoms with Crippen LogP contribution in [0.25, 0.3) is 10.9 Å². The Balaban J connectivity index is 1.51. The van der Waals surface area contributed by atoms with Crippen molar-refractivity contribution in [1.82, 2.24) is 15.2 Å². The van der Waals surface area contributed by atoms with Gasteiger partial charge in [-0.2, -0.15) is 5.10 Å². The van der Waals surface area contributed by atoms with Crippen LogP contribution in [0, 0.1) is 5.82 Å². The maximum absolute atomic E-state index is 14.9. The zero-order chi connectivity index (χ0) is 26.7. The lowest BCUT2D eigenvalue weighted by Crippen LogP contribution is -2.19. The van der Waals surface area contributed by atoms with E-state index < -0.39 is 11.8 Å². The smallest absolute Gasteiger partial charge is 0.324 e. The minimum atomic E-state index is -0.685. The largest absolute Gasteiger partial charge is 0.494 e. The fraction of sp³-hybridized carbons (Fsp3) is 0.231. The maximum Gasteiger partial charge on any atom is 0.324 e. The fourth-order valence-electron chi connectivity index (χ4n) is 3.53. The molecule has 0 fully saturated rings. The second-order valence-corrected chi connectivity index (χ2v) is 9.30. The quantitative estimate of drug-likeness (QED) is 0.262. The summed E-state index contributed by atoms with van der Waals surface area (Å²) < 4.78 is 26.1. The van der Waals surface area contributed by atoms with E-state index in [0.717, 1.165) is 11.8 Å². The number of benzene rings is 2. The summed E-state index contributed by atoms with van der Waals surface area (Å²) in [5.74, 6) is 0.156. The van der Waals surface area contributed by atoms with Gasteiger partial charge in [0.25, 0.3) is 0 Å². The molecule has 0 atom stereocenters. The van der Waals surface area contributed by atoms with Crippen molar-refractivity contribution in [3.05, 3.63) is 60.2 Å². The van der Waals surface area contributed by atoms with Crippen LogP contribution in [0.4, 0.5) is 26.4 Å². The average molecular weight is 507 g/mol. The van der Waals surface area contributed by atoms with Crippen LogP contribution in [0.15, 0.2) is 48.7 Å². The number of urea groups is 1. The highest BCUT2D eigenvalue weighted by Crippen LogP contribution is 2.36. The van der Waals surface area contributed by atoms with Crippen LogP contribution in [0.3, 0.4) is 0 Å². The summed E-state index contributed by atoms with van der Waals surface area (Å²) in [6.45, 7) is 7.40.